The predicted molar refractivity (Wildman–Crippen MR) is 105 cm³/mol. The highest BCUT2D eigenvalue weighted by Crippen LogP contribution is 2.22. The molecule has 1 aromatic carbocycles. The molecule has 28 heavy (non-hydrogen) atoms. The Kier molecular flexibility index (Phi) is 5.89. The van der Waals surface area contributed by atoms with Crippen LogP contribution in [0.25, 0.3) is 11.5 Å². The van der Waals surface area contributed by atoms with Crippen molar-refractivity contribution in [1.29, 1.82) is 0 Å². The van der Waals surface area contributed by atoms with E-state index in [-0.39, 0.29) is 30.3 Å². The molecule has 1 N–H and O–H groups in total. The van der Waals surface area contributed by atoms with Crippen LogP contribution < -0.4 is 5.32 Å². The molecular formula is C20H21N3O4S. The molecular weight excluding hydrogens is 378 g/mol. The molecule has 2 aromatic heterocycles. The van der Waals surface area contributed by atoms with E-state index < -0.39 is 5.97 Å². The van der Waals surface area contributed by atoms with Gasteiger partial charge in [-0.15, -0.1) is 0 Å². The highest BCUT2D eigenvalue weighted by molar-refractivity contribution is 7.08. The Morgan fingerprint density at radius 3 is 2.57 bits per heavy atom. The van der Waals surface area contributed by atoms with Gasteiger partial charge in [-0.25, -0.2) is 0 Å². The lowest BCUT2D eigenvalue weighted by Gasteiger charge is -2.19. The maximum absolute atomic E-state index is 12.2. The maximum atomic E-state index is 12.2. The summed E-state index contributed by atoms with van der Waals surface area (Å²) in [6, 6.07) is 9.17. The number of esters is 1. The van der Waals surface area contributed by atoms with Crippen LogP contribution in [-0.2, 0) is 21.6 Å². The molecule has 146 valence electrons. The SMILES string of the molecule is CC(C)(C)c1ccc(C(=O)NCC(=O)OCc2noc(-c3ccsc3)n2)cc1. The Labute approximate surface area is 166 Å². The van der Waals surface area contributed by atoms with Crippen LogP contribution in [0.2, 0.25) is 0 Å². The summed E-state index contributed by atoms with van der Waals surface area (Å²) in [5.41, 5.74) is 2.45. The summed E-state index contributed by atoms with van der Waals surface area (Å²) in [5, 5.41) is 10.1. The van der Waals surface area contributed by atoms with E-state index in [0.717, 1.165) is 11.1 Å². The second-order valence-electron chi connectivity index (χ2n) is 7.20. The summed E-state index contributed by atoms with van der Waals surface area (Å²) in [5.74, 6) is -0.281. The van der Waals surface area contributed by atoms with Crippen molar-refractivity contribution in [2.24, 2.45) is 0 Å². The van der Waals surface area contributed by atoms with Gasteiger partial charge in [-0.2, -0.15) is 16.3 Å². The molecule has 0 unspecified atom stereocenters. The first-order valence-electron chi connectivity index (χ1n) is 8.72. The summed E-state index contributed by atoms with van der Waals surface area (Å²) in [7, 11) is 0. The van der Waals surface area contributed by atoms with Crippen LogP contribution in [0.5, 0.6) is 0 Å². The molecule has 7 nitrogen and oxygen atoms in total. The van der Waals surface area contributed by atoms with Gasteiger partial charge in [-0.05, 0) is 34.6 Å². The first kappa shape index (κ1) is 19.8. The summed E-state index contributed by atoms with van der Waals surface area (Å²) in [6.45, 7) is 5.94. The van der Waals surface area contributed by atoms with E-state index in [1.165, 1.54) is 11.3 Å². The third-order valence-electron chi connectivity index (χ3n) is 4.00. The van der Waals surface area contributed by atoms with Crippen molar-refractivity contribution in [2.75, 3.05) is 6.54 Å². The molecule has 0 atom stereocenters. The van der Waals surface area contributed by atoms with Crippen molar-refractivity contribution in [3.8, 4) is 11.5 Å². The highest BCUT2D eigenvalue weighted by Gasteiger charge is 2.15. The summed E-state index contributed by atoms with van der Waals surface area (Å²) < 4.78 is 10.2. The number of aromatic nitrogens is 2. The van der Waals surface area contributed by atoms with Gasteiger partial charge in [0.15, 0.2) is 6.61 Å². The first-order chi connectivity index (χ1) is 13.3. The lowest BCUT2D eigenvalue weighted by atomic mass is 9.87. The Morgan fingerprint density at radius 2 is 1.93 bits per heavy atom. The second-order valence-corrected chi connectivity index (χ2v) is 7.98. The van der Waals surface area contributed by atoms with Gasteiger partial charge >= 0.3 is 5.97 Å². The quantitative estimate of drug-likeness (QED) is 0.637. The predicted octanol–water partition coefficient (Wildman–Crippen LogP) is 3.57. The third kappa shape index (κ3) is 5.04. The molecule has 8 heteroatoms. The van der Waals surface area contributed by atoms with Crippen LogP contribution in [0.3, 0.4) is 0 Å². The number of rotatable bonds is 6. The fraction of sp³-hybridized carbons (Fsp3) is 0.300. The lowest BCUT2D eigenvalue weighted by molar-refractivity contribution is -0.143. The normalized spacial score (nSPS) is 11.2. The molecule has 1 amide bonds. The minimum absolute atomic E-state index is 0.0112. The zero-order valence-corrected chi connectivity index (χ0v) is 16.7. The highest BCUT2D eigenvalue weighted by atomic mass is 32.1. The Hall–Kier alpha value is -3.00. The van der Waals surface area contributed by atoms with Gasteiger partial charge in [0.25, 0.3) is 11.8 Å². The van der Waals surface area contributed by atoms with Crippen molar-refractivity contribution in [2.45, 2.75) is 32.8 Å². The monoisotopic (exact) mass is 399 g/mol. The van der Waals surface area contributed by atoms with Crippen molar-refractivity contribution in [3.63, 3.8) is 0 Å². The van der Waals surface area contributed by atoms with Crippen molar-refractivity contribution >= 4 is 23.2 Å². The van der Waals surface area contributed by atoms with Crippen LogP contribution in [0.1, 0.15) is 42.5 Å². The maximum Gasteiger partial charge on any atom is 0.325 e. The number of thiophene rings is 1. The van der Waals surface area contributed by atoms with Gasteiger partial charge in [0.2, 0.25) is 5.82 Å². The molecule has 2 heterocycles. The van der Waals surface area contributed by atoms with Crippen LogP contribution in [0.15, 0.2) is 45.6 Å². The lowest BCUT2D eigenvalue weighted by Crippen LogP contribution is -2.30. The molecule has 0 saturated carbocycles. The Morgan fingerprint density at radius 1 is 1.18 bits per heavy atom. The van der Waals surface area contributed by atoms with Crippen LogP contribution >= 0.6 is 11.3 Å². The smallest absolute Gasteiger partial charge is 0.325 e. The van der Waals surface area contributed by atoms with E-state index in [4.69, 9.17) is 9.26 Å². The van der Waals surface area contributed by atoms with Crippen molar-refractivity contribution in [3.05, 3.63) is 58.0 Å². The number of benzene rings is 1. The fourth-order valence-corrected chi connectivity index (χ4v) is 3.02. The van der Waals surface area contributed by atoms with Gasteiger partial charge in [-0.3, -0.25) is 9.59 Å². The fourth-order valence-electron chi connectivity index (χ4n) is 2.39. The number of nitrogens with zero attached hydrogens (tertiary/aromatic N) is 2. The molecule has 0 spiro atoms. The van der Waals surface area contributed by atoms with Gasteiger partial charge in [-0.1, -0.05) is 38.1 Å². The van der Waals surface area contributed by atoms with Gasteiger partial charge < -0.3 is 14.6 Å². The largest absolute Gasteiger partial charge is 0.456 e. The number of ether oxygens (including phenoxy) is 1. The minimum atomic E-state index is -0.582. The van der Waals surface area contributed by atoms with Crippen molar-refractivity contribution < 1.29 is 18.8 Å². The molecule has 0 bridgehead atoms. The van der Waals surface area contributed by atoms with Crippen molar-refractivity contribution in [1.82, 2.24) is 15.5 Å². The van der Waals surface area contributed by atoms with Crippen LogP contribution in [0, 0.1) is 0 Å². The first-order valence-corrected chi connectivity index (χ1v) is 9.67. The molecule has 0 aliphatic rings. The van der Waals surface area contributed by atoms with Gasteiger partial charge in [0.1, 0.15) is 6.54 Å². The number of nitrogens with one attached hydrogen (secondary N) is 1. The minimum Gasteiger partial charge on any atom is -0.456 e. The molecule has 0 fully saturated rings. The summed E-state index contributed by atoms with van der Waals surface area (Å²) >= 11 is 1.52. The van der Waals surface area contributed by atoms with E-state index in [1.54, 1.807) is 12.1 Å². The molecule has 0 aliphatic heterocycles. The summed E-state index contributed by atoms with van der Waals surface area (Å²) in [4.78, 5) is 28.2. The molecule has 0 aliphatic carbocycles. The molecule has 3 aromatic rings. The van der Waals surface area contributed by atoms with E-state index in [2.05, 4.69) is 36.2 Å². The number of hydrogen-bond donors (Lipinski definition) is 1. The second kappa shape index (κ2) is 8.35. The average molecular weight is 399 g/mol. The average Bonchev–Trinajstić information content (AvgIpc) is 3.35. The molecule has 3 rings (SSSR count). The Balaban J connectivity index is 1.46. The Bertz CT molecular complexity index is 941. The van der Waals surface area contributed by atoms with E-state index in [1.807, 2.05) is 29.0 Å². The van der Waals surface area contributed by atoms with Gasteiger partial charge in [0.05, 0.1) is 5.56 Å². The van der Waals surface area contributed by atoms with E-state index in [0.29, 0.717) is 11.5 Å². The molecule has 0 saturated heterocycles. The zero-order chi connectivity index (χ0) is 20.1. The number of carbonyl (C=O) groups excluding carboxylic acids is 2. The summed E-state index contributed by atoms with van der Waals surface area (Å²) in [6.07, 6.45) is 0. The van der Waals surface area contributed by atoms with E-state index >= 15 is 0 Å². The van der Waals surface area contributed by atoms with Gasteiger partial charge in [0, 0.05) is 10.9 Å². The number of hydrogen-bond acceptors (Lipinski definition) is 7. The number of amides is 1. The van der Waals surface area contributed by atoms with Crippen LogP contribution in [0.4, 0.5) is 0 Å². The zero-order valence-electron chi connectivity index (χ0n) is 15.9. The standard InChI is InChI=1S/C20H21N3O4S/c1-20(2,3)15-6-4-13(5-7-15)18(25)21-10-17(24)26-11-16-22-19(27-23-16)14-8-9-28-12-14/h4-9,12H,10-11H2,1-3H3,(H,21,25). The van der Waals surface area contributed by atoms with E-state index in [9.17, 15) is 9.59 Å². The topological polar surface area (TPSA) is 94.3 Å². The van der Waals surface area contributed by atoms with Crippen LogP contribution in [-0.4, -0.2) is 28.6 Å². The molecule has 0 radical (unpaired) electrons. The third-order valence-corrected chi connectivity index (χ3v) is 4.69. The number of carbonyl (C=O) groups is 2.